The van der Waals surface area contributed by atoms with Crippen molar-refractivity contribution in [3.63, 3.8) is 0 Å². The minimum atomic E-state index is -0.633. The SMILES string of the molecule is CSCCCNC(=O)c1ccnc(F)c1. The van der Waals surface area contributed by atoms with Crippen molar-refractivity contribution in [1.82, 2.24) is 10.3 Å². The van der Waals surface area contributed by atoms with Crippen LogP contribution in [0.4, 0.5) is 4.39 Å². The van der Waals surface area contributed by atoms with Gasteiger partial charge in [-0.15, -0.1) is 0 Å². The zero-order valence-electron chi connectivity index (χ0n) is 8.50. The molecule has 1 N–H and O–H groups in total. The molecule has 1 aromatic rings. The van der Waals surface area contributed by atoms with Gasteiger partial charge in [-0.05, 0) is 24.5 Å². The Hall–Kier alpha value is -1.10. The Morgan fingerprint density at radius 1 is 1.67 bits per heavy atom. The summed E-state index contributed by atoms with van der Waals surface area (Å²) in [5.74, 6) is 0.120. The summed E-state index contributed by atoms with van der Waals surface area (Å²) in [6.07, 6.45) is 4.21. The molecule has 3 nitrogen and oxygen atoms in total. The molecule has 1 rings (SSSR count). The van der Waals surface area contributed by atoms with Crippen LogP contribution in [0, 0.1) is 5.95 Å². The van der Waals surface area contributed by atoms with Gasteiger partial charge >= 0.3 is 0 Å². The lowest BCUT2D eigenvalue weighted by molar-refractivity contribution is 0.0953. The molecule has 0 aliphatic rings. The number of nitrogens with zero attached hydrogens (tertiary/aromatic N) is 1. The first-order chi connectivity index (χ1) is 7.24. The molecule has 5 heteroatoms. The van der Waals surface area contributed by atoms with Crippen molar-refractivity contribution in [2.24, 2.45) is 0 Å². The van der Waals surface area contributed by atoms with Crippen LogP contribution in [0.2, 0.25) is 0 Å². The van der Waals surface area contributed by atoms with Crippen LogP contribution in [0.5, 0.6) is 0 Å². The highest BCUT2D eigenvalue weighted by Crippen LogP contribution is 2.00. The number of thioether (sulfide) groups is 1. The molecule has 0 aliphatic heterocycles. The molecule has 0 saturated carbocycles. The smallest absolute Gasteiger partial charge is 0.251 e. The number of aromatic nitrogens is 1. The number of hydrogen-bond acceptors (Lipinski definition) is 3. The third-order valence-corrected chi connectivity index (χ3v) is 2.50. The number of rotatable bonds is 5. The zero-order chi connectivity index (χ0) is 11.1. The lowest BCUT2D eigenvalue weighted by Gasteiger charge is -2.03. The standard InChI is InChI=1S/C10H13FN2OS/c1-15-6-2-4-13-10(14)8-3-5-12-9(11)7-8/h3,5,7H,2,4,6H2,1H3,(H,13,14). The highest BCUT2D eigenvalue weighted by Gasteiger charge is 2.05. The quantitative estimate of drug-likeness (QED) is 0.616. The van der Waals surface area contributed by atoms with Gasteiger partial charge in [0.25, 0.3) is 5.91 Å². The van der Waals surface area contributed by atoms with E-state index in [1.54, 1.807) is 11.8 Å². The first-order valence-electron chi connectivity index (χ1n) is 4.62. The molecule has 1 heterocycles. The minimum absolute atomic E-state index is 0.252. The minimum Gasteiger partial charge on any atom is -0.352 e. The average molecular weight is 228 g/mol. The molecule has 0 aliphatic carbocycles. The van der Waals surface area contributed by atoms with Crippen molar-refractivity contribution in [3.05, 3.63) is 29.8 Å². The Balaban J connectivity index is 2.40. The van der Waals surface area contributed by atoms with E-state index in [0.29, 0.717) is 12.1 Å². The summed E-state index contributed by atoms with van der Waals surface area (Å²) in [6, 6.07) is 2.62. The van der Waals surface area contributed by atoms with Crippen molar-refractivity contribution < 1.29 is 9.18 Å². The number of carbonyl (C=O) groups excluding carboxylic acids is 1. The Labute approximate surface area is 92.5 Å². The summed E-state index contributed by atoms with van der Waals surface area (Å²) < 4.78 is 12.7. The molecule has 0 radical (unpaired) electrons. The second-order valence-electron chi connectivity index (χ2n) is 2.97. The molecule has 0 unspecified atom stereocenters. The van der Waals surface area contributed by atoms with Crippen molar-refractivity contribution in [3.8, 4) is 0 Å². The number of hydrogen-bond donors (Lipinski definition) is 1. The Morgan fingerprint density at radius 2 is 2.47 bits per heavy atom. The molecule has 0 bridgehead atoms. The highest BCUT2D eigenvalue weighted by atomic mass is 32.2. The van der Waals surface area contributed by atoms with E-state index in [4.69, 9.17) is 0 Å². The van der Waals surface area contributed by atoms with E-state index < -0.39 is 5.95 Å². The van der Waals surface area contributed by atoms with Gasteiger partial charge in [0, 0.05) is 24.4 Å². The monoisotopic (exact) mass is 228 g/mol. The van der Waals surface area contributed by atoms with E-state index >= 15 is 0 Å². The summed E-state index contributed by atoms with van der Waals surface area (Å²) >= 11 is 1.73. The van der Waals surface area contributed by atoms with Gasteiger partial charge in [-0.2, -0.15) is 16.2 Å². The number of halogens is 1. The summed E-state index contributed by atoms with van der Waals surface area (Å²) in [5.41, 5.74) is 0.312. The van der Waals surface area contributed by atoms with Gasteiger partial charge in [0.2, 0.25) is 5.95 Å². The van der Waals surface area contributed by atoms with E-state index in [2.05, 4.69) is 10.3 Å². The number of nitrogens with one attached hydrogen (secondary N) is 1. The number of amides is 1. The first kappa shape index (κ1) is 12.0. The van der Waals surface area contributed by atoms with E-state index in [9.17, 15) is 9.18 Å². The van der Waals surface area contributed by atoms with Crippen LogP contribution in [0.3, 0.4) is 0 Å². The van der Waals surface area contributed by atoms with Crippen LogP contribution in [-0.2, 0) is 0 Å². The molecule has 15 heavy (non-hydrogen) atoms. The summed E-state index contributed by atoms with van der Waals surface area (Å²) in [7, 11) is 0. The van der Waals surface area contributed by atoms with Crippen LogP contribution in [-0.4, -0.2) is 29.4 Å². The predicted octanol–water partition coefficient (Wildman–Crippen LogP) is 1.70. The Morgan fingerprint density at radius 3 is 3.13 bits per heavy atom. The fourth-order valence-electron chi connectivity index (χ4n) is 1.06. The summed E-state index contributed by atoms with van der Waals surface area (Å²) in [6.45, 7) is 0.615. The maximum atomic E-state index is 12.7. The van der Waals surface area contributed by atoms with Gasteiger partial charge in [-0.3, -0.25) is 4.79 Å². The van der Waals surface area contributed by atoms with Gasteiger partial charge in [0.15, 0.2) is 0 Å². The van der Waals surface area contributed by atoms with Crippen molar-refractivity contribution in [2.45, 2.75) is 6.42 Å². The van der Waals surface area contributed by atoms with Crippen LogP contribution in [0.25, 0.3) is 0 Å². The van der Waals surface area contributed by atoms with E-state index in [0.717, 1.165) is 18.2 Å². The van der Waals surface area contributed by atoms with Gasteiger partial charge in [0.05, 0.1) is 0 Å². The predicted molar refractivity (Wildman–Crippen MR) is 59.5 cm³/mol. The normalized spacial score (nSPS) is 10.0. The lowest BCUT2D eigenvalue weighted by atomic mass is 10.2. The molecular weight excluding hydrogens is 215 g/mol. The second-order valence-corrected chi connectivity index (χ2v) is 3.96. The fourth-order valence-corrected chi connectivity index (χ4v) is 1.50. The van der Waals surface area contributed by atoms with Gasteiger partial charge in [-0.25, -0.2) is 4.98 Å². The fraction of sp³-hybridized carbons (Fsp3) is 0.400. The number of carbonyl (C=O) groups is 1. The highest BCUT2D eigenvalue weighted by molar-refractivity contribution is 7.98. The molecule has 1 amide bonds. The van der Waals surface area contributed by atoms with Gasteiger partial charge in [0.1, 0.15) is 0 Å². The van der Waals surface area contributed by atoms with Crippen LogP contribution < -0.4 is 5.32 Å². The largest absolute Gasteiger partial charge is 0.352 e. The summed E-state index contributed by atoms with van der Waals surface area (Å²) in [4.78, 5) is 14.8. The zero-order valence-corrected chi connectivity index (χ0v) is 9.31. The summed E-state index contributed by atoms with van der Waals surface area (Å²) in [5, 5.41) is 2.71. The molecule has 82 valence electrons. The molecule has 0 aromatic carbocycles. The maximum Gasteiger partial charge on any atom is 0.251 e. The van der Waals surface area contributed by atoms with Gasteiger partial charge in [-0.1, -0.05) is 0 Å². The topological polar surface area (TPSA) is 42.0 Å². The molecule has 0 saturated heterocycles. The van der Waals surface area contributed by atoms with Crippen molar-refractivity contribution in [2.75, 3.05) is 18.6 Å². The lowest BCUT2D eigenvalue weighted by Crippen LogP contribution is -2.24. The Kier molecular flexibility index (Phi) is 5.10. The molecular formula is C10H13FN2OS. The average Bonchev–Trinajstić information content (AvgIpc) is 2.24. The third kappa shape index (κ3) is 4.29. The third-order valence-electron chi connectivity index (χ3n) is 1.80. The van der Waals surface area contributed by atoms with Crippen LogP contribution in [0.1, 0.15) is 16.8 Å². The van der Waals surface area contributed by atoms with Crippen LogP contribution in [0.15, 0.2) is 18.3 Å². The molecule has 0 atom stereocenters. The van der Waals surface area contributed by atoms with Crippen LogP contribution >= 0.6 is 11.8 Å². The van der Waals surface area contributed by atoms with E-state index in [1.165, 1.54) is 12.3 Å². The molecule has 0 fully saturated rings. The van der Waals surface area contributed by atoms with Crippen molar-refractivity contribution in [1.29, 1.82) is 0 Å². The first-order valence-corrected chi connectivity index (χ1v) is 6.02. The Bertz CT molecular complexity index is 333. The molecule has 1 aromatic heterocycles. The van der Waals surface area contributed by atoms with Gasteiger partial charge < -0.3 is 5.32 Å². The van der Waals surface area contributed by atoms with Crippen molar-refractivity contribution >= 4 is 17.7 Å². The molecule has 0 spiro atoms. The number of pyridine rings is 1. The second kappa shape index (κ2) is 6.40. The maximum absolute atomic E-state index is 12.7. The van der Waals surface area contributed by atoms with E-state index in [1.807, 2.05) is 6.26 Å². The van der Waals surface area contributed by atoms with E-state index in [-0.39, 0.29) is 5.91 Å².